The van der Waals surface area contributed by atoms with Gasteiger partial charge < -0.3 is 9.47 Å². The maximum absolute atomic E-state index is 11.7. The van der Waals surface area contributed by atoms with Crippen LogP contribution in [0, 0.1) is 6.92 Å². The summed E-state index contributed by atoms with van der Waals surface area (Å²) in [6.07, 6.45) is 0.0644. The molecule has 0 aliphatic heterocycles. The van der Waals surface area contributed by atoms with Crippen LogP contribution in [0.1, 0.15) is 29.8 Å². The number of ether oxygens (including phenoxy) is 2. The first kappa shape index (κ1) is 16.4. The molecule has 0 aliphatic rings. The molecule has 0 aromatic carbocycles. The fourth-order valence-electron chi connectivity index (χ4n) is 1.34. The Kier molecular flexibility index (Phi) is 5.79. The second kappa shape index (κ2) is 6.69. The standard InChI is InChI=1S/C11H15ClO5S2/c1-7(2)16-4-5-17-10(13)9-6-18-11(8(9)3)19(12,14)15/h6-7H,4-5H2,1-3H3. The van der Waals surface area contributed by atoms with Crippen molar-refractivity contribution in [3.05, 3.63) is 16.5 Å². The summed E-state index contributed by atoms with van der Waals surface area (Å²) in [5.41, 5.74) is 0.531. The Balaban J connectivity index is 2.66. The van der Waals surface area contributed by atoms with Gasteiger partial charge in [0.15, 0.2) is 0 Å². The number of halogens is 1. The Morgan fingerprint density at radius 1 is 1.42 bits per heavy atom. The summed E-state index contributed by atoms with van der Waals surface area (Å²) >= 11 is 0.904. The first-order valence-corrected chi connectivity index (χ1v) is 8.74. The number of carbonyl (C=O) groups is 1. The van der Waals surface area contributed by atoms with Crippen LogP contribution >= 0.6 is 22.0 Å². The first-order valence-electron chi connectivity index (χ1n) is 5.55. The molecule has 0 amide bonds. The van der Waals surface area contributed by atoms with E-state index < -0.39 is 15.0 Å². The van der Waals surface area contributed by atoms with Crippen molar-refractivity contribution >= 4 is 37.0 Å². The molecule has 19 heavy (non-hydrogen) atoms. The number of thiophene rings is 1. The van der Waals surface area contributed by atoms with Crippen LogP contribution in [0.2, 0.25) is 0 Å². The summed E-state index contributed by atoms with van der Waals surface area (Å²) < 4.78 is 32.6. The molecular weight excluding hydrogens is 312 g/mol. The van der Waals surface area contributed by atoms with Crippen LogP contribution in [0.3, 0.4) is 0 Å². The molecule has 0 radical (unpaired) electrons. The highest BCUT2D eigenvalue weighted by Crippen LogP contribution is 2.29. The number of rotatable bonds is 6. The zero-order valence-electron chi connectivity index (χ0n) is 10.8. The van der Waals surface area contributed by atoms with Crippen LogP contribution in [0.4, 0.5) is 0 Å². The normalized spacial score (nSPS) is 11.8. The lowest BCUT2D eigenvalue weighted by Gasteiger charge is -2.08. The van der Waals surface area contributed by atoms with E-state index in [0.29, 0.717) is 12.2 Å². The predicted octanol–water partition coefficient (Wildman–Crippen LogP) is 2.57. The van der Waals surface area contributed by atoms with Crippen LogP contribution in [0.5, 0.6) is 0 Å². The van der Waals surface area contributed by atoms with E-state index in [4.69, 9.17) is 20.2 Å². The fourth-order valence-corrected chi connectivity index (χ4v) is 3.88. The van der Waals surface area contributed by atoms with Gasteiger partial charge in [-0.25, -0.2) is 13.2 Å². The van der Waals surface area contributed by atoms with E-state index in [0.717, 1.165) is 11.3 Å². The van der Waals surface area contributed by atoms with Gasteiger partial charge in [-0.2, -0.15) is 0 Å². The third-order valence-corrected chi connectivity index (χ3v) is 5.51. The Morgan fingerprint density at radius 3 is 2.53 bits per heavy atom. The largest absolute Gasteiger partial charge is 0.460 e. The summed E-state index contributed by atoms with van der Waals surface area (Å²) in [5, 5.41) is 1.43. The molecule has 0 bridgehead atoms. The molecular formula is C11H15ClO5S2. The monoisotopic (exact) mass is 326 g/mol. The van der Waals surface area contributed by atoms with Crippen LogP contribution in [-0.2, 0) is 18.5 Å². The highest BCUT2D eigenvalue weighted by atomic mass is 35.7. The average molecular weight is 327 g/mol. The number of hydrogen-bond donors (Lipinski definition) is 0. The van der Waals surface area contributed by atoms with Gasteiger partial charge in [0.05, 0.1) is 18.3 Å². The Bertz CT molecular complexity index is 547. The zero-order valence-corrected chi connectivity index (χ0v) is 13.2. The second-order valence-electron chi connectivity index (χ2n) is 4.06. The van der Waals surface area contributed by atoms with Crippen molar-refractivity contribution in [3.8, 4) is 0 Å². The van der Waals surface area contributed by atoms with Gasteiger partial charge in [0.1, 0.15) is 10.8 Å². The first-order chi connectivity index (χ1) is 8.73. The number of carbonyl (C=O) groups excluding carboxylic acids is 1. The van der Waals surface area contributed by atoms with Gasteiger partial charge in [0, 0.05) is 16.1 Å². The minimum absolute atomic E-state index is 0.0282. The molecule has 1 rings (SSSR count). The van der Waals surface area contributed by atoms with Crippen molar-refractivity contribution in [1.82, 2.24) is 0 Å². The van der Waals surface area contributed by atoms with Gasteiger partial charge >= 0.3 is 5.97 Å². The molecule has 0 saturated heterocycles. The maximum Gasteiger partial charge on any atom is 0.339 e. The number of hydrogen-bond acceptors (Lipinski definition) is 6. The molecule has 0 N–H and O–H groups in total. The lowest BCUT2D eigenvalue weighted by Crippen LogP contribution is -2.13. The second-order valence-corrected chi connectivity index (χ2v) is 7.70. The van der Waals surface area contributed by atoms with Crippen molar-refractivity contribution in [2.24, 2.45) is 0 Å². The highest BCUT2D eigenvalue weighted by Gasteiger charge is 2.22. The Morgan fingerprint density at radius 2 is 2.05 bits per heavy atom. The molecule has 1 aromatic heterocycles. The third-order valence-electron chi connectivity index (χ3n) is 2.20. The summed E-state index contributed by atoms with van der Waals surface area (Å²) in [6.45, 7) is 5.69. The quantitative estimate of drug-likeness (QED) is 0.456. The summed E-state index contributed by atoms with van der Waals surface area (Å²) in [5.74, 6) is -0.576. The molecule has 0 aliphatic carbocycles. The summed E-state index contributed by atoms with van der Waals surface area (Å²) in [7, 11) is 1.43. The SMILES string of the molecule is Cc1c(C(=O)OCCOC(C)C)csc1S(=O)(=O)Cl. The summed E-state index contributed by atoms with van der Waals surface area (Å²) in [4.78, 5) is 11.7. The highest BCUT2D eigenvalue weighted by molar-refractivity contribution is 8.15. The van der Waals surface area contributed by atoms with Gasteiger partial charge in [0.25, 0.3) is 9.05 Å². The smallest absolute Gasteiger partial charge is 0.339 e. The van der Waals surface area contributed by atoms with Crippen molar-refractivity contribution in [3.63, 3.8) is 0 Å². The van der Waals surface area contributed by atoms with Gasteiger partial charge in [-0.1, -0.05) is 0 Å². The molecule has 1 heterocycles. The number of esters is 1. The molecule has 0 atom stereocenters. The van der Waals surface area contributed by atoms with E-state index in [1.54, 1.807) is 0 Å². The van der Waals surface area contributed by atoms with Crippen molar-refractivity contribution in [1.29, 1.82) is 0 Å². The maximum atomic E-state index is 11.7. The van der Waals surface area contributed by atoms with Gasteiger partial charge in [-0.15, -0.1) is 11.3 Å². The minimum atomic E-state index is -3.82. The Hall–Kier alpha value is -0.630. The average Bonchev–Trinajstić information content (AvgIpc) is 2.65. The Labute approximate surface area is 120 Å². The van der Waals surface area contributed by atoms with Crippen LogP contribution in [0.15, 0.2) is 9.59 Å². The van der Waals surface area contributed by atoms with Gasteiger partial charge in [0.2, 0.25) is 0 Å². The molecule has 1 aromatic rings. The topological polar surface area (TPSA) is 69.7 Å². The molecule has 0 fully saturated rings. The van der Waals surface area contributed by atoms with Gasteiger partial charge in [-0.3, -0.25) is 0 Å². The van der Waals surface area contributed by atoms with E-state index in [1.165, 1.54) is 12.3 Å². The molecule has 108 valence electrons. The molecule has 0 spiro atoms. The van der Waals surface area contributed by atoms with E-state index in [2.05, 4.69) is 0 Å². The molecule has 0 saturated carbocycles. The van der Waals surface area contributed by atoms with Crippen LogP contribution in [0.25, 0.3) is 0 Å². The third kappa shape index (κ3) is 4.76. The van der Waals surface area contributed by atoms with Crippen molar-refractivity contribution in [2.45, 2.75) is 31.1 Å². The minimum Gasteiger partial charge on any atom is -0.460 e. The molecule has 8 heteroatoms. The van der Waals surface area contributed by atoms with E-state index in [1.807, 2.05) is 13.8 Å². The lowest BCUT2D eigenvalue weighted by molar-refractivity contribution is 0.0176. The molecule has 0 unspecified atom stereocenters. The van der Waals surface area contributed by atoms with Crippen LogP contribution < -0.4 is 0 Å². The summed E-state index contributed by atoms with van der Waals surface area (Å²) in [6, 6.07) is 0. The van der Waals surface area contributed by atoms with E-state index >= 15 is 0 Å². The zero-order chi connectivity index (χ0) is 14.6. The lowest BCUT2D eigenvalue weighted by atomic mass is 10.2. The van der Waals surface area contributed by atoms with Gasteiger partial charge in [-0.05, 0) is 26.3 Å². The van der Waals surface area contributed by atoms with E-state index in [-0.39, 0.29) is 22.5 Å². The van der Waals surface area contributed by atoms with Crippen molar-refractivity contribution in [2.75, 3.05) is 13.2 Å². The predicted molar refractivity (Wildman–Crippen MR) is 73.5 cm³/mol. The van der Waals surface area contributed by atoms with Crippen molar-refractivity contribution < 1.29 is 22.7 Å². The molecule has 5 nitrogen and oxygen atoms in total. The fraction of sp³-hybridized carbons (Fsp3) is 0.545. The van der Waals surface area contributed by atoms with Crippen LogP contribution in [-0.4, -0.2) is 33.7 Å². The van der Waals surface area contributed by atoms with E-state index in [9.17, 15) is 13.2 Å².